The third-order valence-electron chi connectivity index (χ3n) is 2.55. The van der Waals surface area contributed by atoms with E-state index in [0.29, 0.717) is 18.9 Å². The lowest BCUT2D eigenvalue weighted by molar-refractivity contribution is 0.177. The number of ether oxygens (including phenoxy) is 1. The fraction of sp³-hybridized carbons (Fsp3) is 0.357. The van der Waals surface area contributed by atoms with E-state index in [2.05, 4.69) is 20.3 Å². The highest BCUT2D eigenvalue weighted by Crippen LogP contribution is 2.11. The Bertz CT molecular complexity index is 492. The molecule has 0 fully saturated rings. The maximum atomic E-state index is 5.10. The number of anilines is 1. The molecule has 0 saturated heterocycles. The first kappa shape index (κ1) is 13.4. The summed E-state index contributed by atoms with van der Waals surface area (Å²) in [5, 5.41) is 3.21. The van der Waals surface area contributed by atoms with Gasteiger partial charge in [-0.3, -0.25) is 4.98 Å². The molecule has 0 aliphatic heterocycles. The van der Waals surface area contributed by atoms with Gasteiger partial charge < -0.3 is 10.1 Å². The van der Waals surface area contributed by atoms with Gasteiger partial charge in [-0.05, 0) is 19.1 Å². The van der Waals surface area contributed by atoms with Crippen molar-refractivity contribution in [3.05, 3.63) is 47.7 Å². The highest BCUT2D eigenvalue weighted by Gasteiger charge is 2.05. The Morgan fingerprint density at radius 1 is 1.21 bits per heavy atom. The Hall–Kier alpha value is -2.01. The summed E-state index contributed by atoms with van der Waals surface area (Å²) in [7, 11) is 1.64. The molecule has 0 bridgehead atoms. The van der Waals surface area contributed by atoms with Crippen LogP contribution in [0.15, 0.2) is 30.5 Å². The highest BCUT2D eigenvalue weighted by molar-refractivity contribution is 5.36. The number of rotatable bonds is 6. The van der Waals surface area contributed by atoms with Crippen LogP contribution >= 0.6 is 0 Å². The zero-order chi connectivity index (χ0) is 13.5. The number of aromatic nitrogens is 3. The van der Waals surface area contributed by atoms with Crippen molar-refractivity contribution in [2.24, 2.45) is 0 Å². The number of hydrogen-bond acceptors (Lipinski definition) is 5. The number of nitrogens with one attached hydrogen (secondary N) is 1. The van der Waals surface area contributed by atoms with Gasteiger partial charge in [-0.15, -0.1) is 0 Å². The molecule has 0 amide bonds. The van der Waals surface area contributed by atoms with Gasteiger partial charge in [0.05, 0.1) is 5.69 Å². The summed E-state index contributed by atoms with van der Waals surface area (Å²) in [5.74, 6) is 1.52. The lowest BCUT2D eigenvalue weighted by Gasteiger charge is -2.08. The van der Waals surface area contributed by atoms with Gasteiger partial charge in [-0.2, -0.15) is 0 Å². The van der Waals surface area contributed by atoms with Crippen LogP contribution in [-0.4, -0.2) is 28.6 Å². The molecule has 2 aromatic rings. The molecule has 2 heterocycles. The molecule has 0 spiro atoms. The van der Waals surface area contributed by atoms with Gasteiger partial charge in [-0.25, -0.2) is 9.97 Å². The second-order valence-corrected chi connectivity index (χ2v) is 4.12. The molecule has 100 valence electrons. The molecule has 0 radical (unpaired) electrons. The van der Waals surface area contributed by atoms with Crippen molar-refractivity contribution in [1.82, 2.24) is 15.0 Å². The Kier molecular flexibility index (Phi) is 4.80. The van der Waals surface area contributed by atoms with Gasteiger partial charge in [0.1, 0.15) is 12.4 Å². The normalized spacial score (nSPS) is 10.4. The molecule has 5 nitrogen and oxygen atoms in total. The van der Waals surface area contributed by atoms with Crippen LogP contribution in [0.4, 0.5) is 5.82 Å². The fourth-order valence-corrected chi connectivity index (χ4v) is 1.80. The van der Waals surface area contributed by atoms with E-state index >= 15 is 0 Å². The van der Waals surface area contributed by atoms with Crippen molar-refractivity contribution in [1.29, 1.82) is 0 Å². The molecule has 19 heavy (non-hydrogen) atoms. The largest absolute Gasteiger partial charge is 0.377 e. The number of methoxy groups -OCH3 is 1. The molecule has 2 rings (SSSR count). The zero-order valence-electron chi connectivity index (χ0n) is 11.3. The van der Waals surface area contributed by atoms with E-state index in [-0.39, 0.29) is 0 Å². The molecule has 0 aliphatic carbocycles. The second-order valence-electron chi connectivity index (χ2n) is 4.12. The molecular formula is C14H18N4O. The van der Waals surface area contributed by atoms with Crippen molar-refractivity contribution in [2.45, 2.75) is 20.0 Å². The number of nitrogens with zero attached hydrogens (tertiary/aromatic N) is 3. The first-order chi connectivity index (χ1) is 9.31. The quantitative estimate of drug-likeness (QED) is 0.859. The standard InChI is InChI=1S/C14H18N4O/c1-3-15-13-9-12(17-14(18-13)10-19-2)8-11-6-4-5-7-16-11/h4-7,9H,3,8,10H2,1-2H3,(H,15,17,18). The van der Waals surface area contributed by atoms with E-state index in [9.17, 15) is 0 Å². The molecule has 0 aromatic carbocycles. The van der Waals surface area contributed by atoms with Crippen LogP contribution in [0, 0.1) is 0 Å². The minimum Gasteiger partial charge on any atom is -0.377 e. The number of hydrogen-bond donors (Lipinski definition) is 1. The fourth-order valence-electron chi connectivity index (χ4n) is 1.80. The molecule has 5 heteroatoms. The van der Waals surface area contributed by atoms with E-state index in [4.69, 9.17) is 4.74 Å². The third kappa shape index (κ3) is 3.99. The minimum atomic E-state index is 0.411. The second kappa shape index (κ2) is 6.80. The summed E-state index contributed by atoms with van der Waals surface area (Å²) in [5.41, 5.74) is 1.93. The average molecular weight is 258 g/mol. The van der Waals surface area contributed by atoms with Crippen LogP contribution < -0.4 is 5.32 Å². The summed E-state index contributed by atoms with van der Waals surface area (Å²) < 4.78 is 5.10. The van der Waals surface area contributed by atoms with Crippen molar-refractivity contribution < 1.29 is 4.74 Å². The van der Waals surface area contributed by atoms with E-state index in [1.165, 1.54) is 0 Å². The monoisotopic (exact) mass is 258 g/mol. The van der Waals surface area contributed by atoms with Crippen LogP contribution in [0.3, 0.4) is 0 Å². The van der Waals surface area contributed by atoms with Crippen LogP contribution in [0.1, 0.15) is 24.1 Å². The Morgan fingerprint density at radius 3 is 2.79 bits per heavy atom. The molecule has 0 saturated carbocycles. The van der Waals surface area contributed by atoms with Crippen LogP contribution in [0.5, 0.6) is 0 Å². The summed E-state index contributed by atoms with van der Waals surface area (Å²) >= 11 is 0. The molecule has 2 aromatic heterocycles. The van der Waals surface area contributed by atoms with Gasteiger partial charge in [-0.1, -0.05) is 6.07 Å². The van der Waals surface area contributed by atoms with Crippen molar-refractivity contribution >= 4 is 5.82 Å². The van der Waals surface area contributed by atoms with Crippen molar-refractivity contribution in [3.8, 4) is 0 Å². The van der Waals surface area contributed by atoms with Crippen LogP contribution in [0.25, 0.3) is 0 Å². The van der Waals surface area contributed by atoms with E-state index < -0.39 is 0 Å². The van der Waals surface area contributed by atoms with E-state index in [1.54, 1.807) is 13.3 Å². The first-order valence-corrected chi connectivity index (χ1v) is 6.31. The van der Waals surface area contributed by atoms with Crippen LogP contribution in [0.2, 0.25) is 0 Å². The SMILES string of the molecule is CCNc1cc(Cc2ccccn2)nc(COC)n1. The summed E-state index contributed by atoms with van der Waals surface area (Å²) in [6.45, 7) is 3.28. The maximum Gasteiger partial charge on any atom is 0.156 e. The summed E-state index contributed by atoms with van der Waals surface area (Å²) in [6.07, 6.45) is 2.48. The Balaban J connectivity index is 2.23. The van der Waals surface area contributed by atoms with Gasteiger partial charge in [0.25, 0.3) is 0 Å². The maximum absolute atomic E-state index is 5.10. The van der Waals surface area contributed by atoms with Crippen molar-refractivity contribution in [3.63, 3.8) is 0 Å². The predicted molar refractivity (Wildman–Crippen MR) is 74.0 cm³/mol. The lowest BCUT2D eigenvalue weighted by Crippen LogP contribution is -2.07. The molecule has 1 N–H and O–H groups in total. The van der Waals surface area contributed by atoms with Gasteiger partial charge in [0.2, 0.25) is 0 Å². The smallest absolute Gasteiger partial charge is 0.156 e. The summed E-state index contributed by atoms with van der Waals surface area (Å²) in [6, 6.07) is 7.83. The topological polar surface area (TPSA) is 59.9 Å². The highest BCUT2D eigenvalue weighted by atomic mass is 16.5. The minimum absolute atomic E-state index is 0.411. The zero-order valence-corrected chi connectivity index (χ0v) is 11.3. The van der Waals surface area contributed by atoms with Crippen LogP contribution in [-0.2, 0) is 17.8 Å². The Morgan fingerprint density at radius 2 is 2.11 bits per heavy atom. The molecule has 0 atom stereocenters. The molecule has 0 unspecified atom stereocenters. The van der Waals surface area contributed by atoms with Crippen molar-refractivity contribution in [2.75, 3.05) is 19.0 Å². The summed E-state index contributed by atoms with van der Waals surface area (Å²) in [4.78, 5) is 13.2. The number of pyridine rings is 1. The van der Waals surface area contributed by atoms with Gasteiger partial charge in [0.15, 0.2) is 5.82 Å². The molecular weight excluding hydrogens is 240 g/mol. The van der Waals surface area contributed by atoms with Gasteiger partial charge >= 0.3 is 0 Å². The van der Waals surface area contributed by atoms with Gasteiger partial charge in [0, 0.05) is 38.0 Å². The Labute approximate surface area is 113 Å². The lowest BCUT2D eigenvalue weighted by atomic mass is 10.2. The third-order valence-corrected chi connectivity index (χ3v) is 2.55. The molecule has 0 aliphatic rings. The average Bonchev–Trinajstić information content (AvgIpc) is 2.40. The first-order valence-electron chi connectivity index (χ1n) is 6.31. The predicted octanol–water partition coefficient (Wildman–Crippen LogP) is 2.04. The van der Waals surface area contributed by atoms with E-state index in [1.807, 2.05) is 31.2 Å². The van der Waals surface area contributed by atoms with E-state index in [0.717, 1.165) is 23.8 Å².